The van der Waals surface area contributed by atoms with E-state index in [2.05, 4.69) is 41.5 Å². The Labute approximate surface area is 167 Å². The molecule has 1 aromatic heterocycles. The zero-order chi connectivity index (χ0) is 19.2. The molecule has 0 spiro atoms. The van der Waals surface area contributed by atoms with E-state index < -0.39 is 0 Å². The number of hydrogen-bond acceptors (Lipinski definition) is 6. The first-order valence-corrected chi connectivity index (χ1v) is 10.7. The van der Waals surface area contributed by atoms with Crippen LogP contribution in [0.15, 0.2) is 29.2 Å². The van der Waals surface area contributed by atoms with Crippen molar-refractivity contribution in [3.8, 4) is 0 Å². The third-order valence-electron chi connectivity index (χ3n) is 4.12. The van der Waals surface area contributed by atoms with Crippen LogP contribution < -0.4 is 5.32 Å². The van der Waals surface area contributed by atoms with Crippen LogP contribution in [-0.4, -0.2) is 40.8 Å². The highest BCUT2D eigenvalue weighted by Crippen LogP contribution is 2.29. The molecule has 3 rings (SSSR count). The summed E-state index contributed by atoms with van der Waals surface area (Å²) in [6.45, 7) is 5.31. The highest BCUT2D eigenvalue weighted by atomic mass is 32.2. The predicted octanol–water partition coefficient (Wildman–Crippen LogP) is 4.09. The van der Waals surface area contributed by atoms with E-state index in [4.69, 9.17) is 4.74 Å². The monoisotopic (exact) mass is 405 g/mol. The summed E-state index contributed by atoms with van der Waals surface area (Å²) in [6, 6.07) is 8.29. The Bertz CT molecular complexity index is 805. The minimum Gasteiger partial charge on any atom is -0.450 e. The highest BCUT2D eigenvalue weighted by Gasteiger charge is 2.25. The van der Waals surface area contributed by atoms with Gasteiger partial charge < -0.3 is 15.0 Å². The molecule has 0 saturated carbocycles. The molecule has 1 N–H and O–H groups in total. The van der Waals surface area contributed by atoms with Crippen LogP contribution >= 0.6 is 23.1 Å². The van der Waals surface area contributed by atoms with Crippen LogP contribution in [0, 0.1) is 6.92 Å². The second-order valence-electron chi connectivity index (χ2n) is 6.22. The van der Waals surface area contributed by atoms with Gasteiger partial charge in [-0.05, 0) is 26.0 Å². The van der Waals surface area contributed by atoms with Crippen LogP contribution in [0.25, 0.3) is 0 Å². The number of anilines is 1. The Kier molecular flexibility index (Phi) is 6.73. The Hall–Kier alpha value is -2.06. The first-order chi connectivity index (χ1) is 13.0. The SMILES string of the molecule is CCOC(=O)N1CCc2nc(NC(=O)CCSc3ccc(C)cc3)sc2C1. The van der Waals surface area contributed by atoms with E-state index >= 15 is 0 Å². The van der Waals surface area contributed by atoms with Crippen LogP contribution in [0.1, 0.15) is 29.5 Å². The number of rotatable bonds is 6. The lowest BCUT2D eigenvalue weighted by atomic mass is 10.2. The van der Waals surface area contributed by atoms with Gasteiger partial charge in [0.05, 0.1) is 18.8 Å². The topological polar surface area (TPSA) is 71.5 Å². The first-order valence-electron chi connectivity index (χ1n) is 8.94. The molecule has 1 aliphatic heterocycles. The quantitative estimate of drug-likeness (QED) is 0.733. The van der Waals surface area contributed by atoms with E-state index in [1.165, 1.54) is 16.9 Å². The molecule has 2 amide bonds. The molecule has 6 nitrogen and oxygen atoms in total. The molecular weight excluding hydrogens is 382 g/mol. The Morgan fingerprint density at radius 2 is 2.11 bits per heavy atom. The molecule has 2 aromatic rings. The van der Waals surface area contributed by atoms with Gasteiger partial charge in [0.15, 0.2) is 5.13 Å². The molecule has 0 saturated heterocycles. The second kappa shape index (κ2) is 9.23. The number of benzene rings is 1. The summed E-state index contributed by atoms with van der Waals surface area (Å²) in [5, 5.41) is 3.49. The summed E-state index contributed by atoms with van der Waals surface area (Å²) >= 11 is 3.10. The van der Waals surface area contributed by atoms with Gasteiger partial charge >= 0.3 is 6.09 Å². The smallest absolute Gasteiger partial charge is 0.410 e. The molecule has 0 fully saturated rings. The molecule has 0 unspecified atom stereocenters. The first kappa shape index (κ1) is 19.7. The average molecular weight is 406 g/mol. The number of aromatic nitrogens is 1. The van der Waals surface area contributed by atoms with Gasteiger partial charge in [-0.2, -0.15) is 0 Å². The largest absolute Gasteiger partial charge is 0.450 e. The molecule has 27 heavy (non-hydrogen) atoms. The number of thioether (sulfide) groups is 1. The molecule has 8 heteroatoms. The number of fused-ring (bicyclic) bond motifs is 1. The van der Waals surface area contributed by atoms with Crippen molar-refractivity contribution in [2.75, 3.05) is 24.2 Å². The fraction of sp³-hybridized carbons (Fsp3) is 0.421. The van der Waals surface area contributed by atoms with Gasteiger partial charge in [0, 0.05) is 34.9 Å². The van der Waals surface area contributed by atoms with Crippen molar-refractivity contribution in [2.24, 2.45) is 0 Å². The molecule has 0 radical (unpaired) electrons. The van der Waals surface area contributed by atoms with Gasteiger partial charge in [0.25, 0.3) is 0 Å². The molecule has 0 aliphatic carbocycles. The number of hydrogen-bond donors (Lipinski definition) is 1. The number of ether oxygens (including phenoxy) is 1. The minimum absolute atomic E-state index is 0.0389. The number of carbonyl (C=O) groups excluding carboxylic acids is 2. The van der Waals surface area contributed by atoms with Gasteiger partial charge in [0.2, 0.25) is 5.91 Å². The van der Waals surface area contributed by atoms with Crippen LogP contribution in [-0.2, 0) is 22.5 Å². The van der Waals surface area contributed by atoms with E-state index in [-0.39, 0.29) is 12.0 Å². The number of thiazole rings is 1. The van der Waals surface area contributed by atoms with Gasteiger partial charge in [-0.3, -0.25) is 4.79 Å². The summed E-state index contributed by atoms with van der Waals surface area (Å²) in [5.41, 5.74) is 2.19. The summed E-state index contributed by atoms with van der Waals surface area (Å²) in [6.07, 6.45) is 0.817. The molecule has 0 bridgehead atoms. The van der Waals surface area contributed by atoms with Gasteiger partial charge in [0.1, 0.15) is 0 Å². The fourth-order valence-corrected chi connectivity index (χ4v) is 4.59. The normalized spacial score (nSPS) is 13.2. The van der Waals surface area contributed by atoms with Crippen LogP contribution in [0.5, 0.6) is 0 Å². The zero-order valence-electron chi connectivity index (χ0n) is 15.5. The van der Waals surface area contributed by atoms with Crippen molar-refractivity contribution < 1.29 is 14.3 Å². The van der Waals surface area contributed by atoms with Gasteiger partial charge in [-0.15, -0.1) is 11.8 Å². The van der Waals surface area contributed by atoms with Crippen LogP contribution in [0.3, 0.4) is 0 Å². The van der Waals surface area contributed by atoms with Crippen molar-refractivity contribution >= 4 is 40.2 Å². The van der Waals surface area contributed by atoms with E-state index in [1.54, 1.807) is 23.6 Å². The lowest BCUT2D eigenvalue weighted by Gasteiger charge is -2.24. The second-order valence-corrected chi connectivity index (χ2v) is 8.47. The third-order valence-corrected chi connectivity index (χ3v) is 6.13. The van der Waals surface area contributed by atoms with E-state index in [9.17, 15) is 9.59 Å². The maximum absolute atomic E-state index is 12.2. The average Bonchev–Trinajstić information content (AvgIpc) is 3.04. The lowest BCUT2D eigenvalue weighted by molar-refractivity contribution is -0.115. The fourth-order valence-electron chi connectivity index (χ4n) is 2.70. The Balaban J connectivity index is 1.48. The van der Waals surface area contributed by atoms with Gasteiger partial charge in [-0.1, -0.05) is 29.0 Å². The Morgan fingerprint density at radius 3 is 2.85 bits per heavy atom. The number of nitrogens with zero attached hydrogens (tertiary/aromatic N) is 2. The predicted molar refractivity (Wildman–Crippen MR) is 108 cm³/mol. The Morgan fingerprint density at radius 1 is 1.33 bits per heavy atom. The molecule has 2 heterocycles. The molecule has 1 aliphatic rings. The summed E-state index contributed by atoms with van der Waals surface area (Å²) in [4.78, 5) is 32.4. The third kappa shape index (κ3) is 5.46. The number of nitrogens with one attached hydrogen (secondary N) is 1. The van der Waals surface area contributed by atoms with Crippen molar-refractivity contribution in [3.63, 3.8) is 0 Å². The maximum Gasteiger partial charge on any atom is 0.410 e. The summed E-state index contributed by atoms with van der Waals surface area (Å²) in [5.74, 6) is 0.680. The molecular formula is C19H23N3O3S2. The van der Waals surface area contributed by atoms with E-state index in [0.29, 0.717) is 37.7 Å². The maximum atomic E-state index is 12.2. The molecule has 1 aromatic carbocycles. The van der Waals surface area contributed by atoms with Crippen molar-refractivity contribution in [2.45, 2.75) is 38.1 Å². The summed E-state index contributed by atoms with van der Waals surface area (Å²) in [7, 11) is 0. The summed E-state index contributed by atoms with van der Waals surface area (Å²) < 4.78 is 5.05. The highest BCUT2D eigenvalue weighted by molar-refractivity contribution is 7.99. The van der Waals surface area contributed by atoms with Crippen molar-refractivity contribution in [1.29, 1.82) is 0 Å². The number of amides is 2. The van der Waals surface area contributed by atoms with Crippen LogP contribution in [0.4, 0.5) is 9.93 Å². The van der Waals surface area contributed by atoms with E-state index in [1.807, 2.05) is 0 Å². The zero-order valence-corrected chi connectivity index (χ0v) is 17.1. The number of carbonyl (C=O) groups is 2. The van der Waals surface area contributed by atoms with Gasteiger partial charge in [-0.25, -0.2) is 9.78 Å². The number of aryl methyl sites for hydroxylation is 1. The van der Waals surface area contributed by atoms with Crippen LogP contribution in [0.2, 0.25) is 0 Å². The van der Waals surface area contributed by atoms with Crippen molar-refractivity contribution in [3.05, 3.63) is 40.4 Å². The van der Waals surface area contributed by atoms with Crippen molar-refractivity contribution in [1.82, 2.24) is 9.88 Å². The standard InChI is InChI=1S/C19H23N3O3S2/c1-3-25-19(24)22-10-8-15-16(12-22)27-18(20-15)21-17(23)9-11-26-14-6-4-13(2)5-7-14/h4-7H,3,8-12H2,1-2H3,(H,20,21,23). The van der Waals surface area contributed by atoms with E-state index in [0.717, 1.165) is 21.2 Å². The molecule has 144 valence electrons. The lowest BCUT2D eigenvalue weighted by Crippen LogP contribution is -2.35. The minimum atomic E-state index is -0.296. The molecule has 0 atom stereocenters.